The molecule has 4 aliphatic carbocycles. The summed E-state index contributed by atoms with van der Waals surface area (Å²) in [6.07, 6.45) is 7.23. The number of rotatable bonds is 7. The topological polar surface area (TPSA) is 119 Å². The first-order valence-electron chi connectivity index (χ1n) is 13.0. The number of aromatic nitrogens is 2. The predicted molar refractivity (Wildman–Crippen MR) is 136 cm³/mol. The molecule has 9 nitrogen and oxygen atoms in total. The molecule has 0 aliphatic heterocycles. The Balaban J connectivity index is 1.45. The van der Waals surface area contributed by atoms with Gasteiger partial charge in [-0.25, -0.2) is 17.9 Å². The van der Waals surface area contributed by atoms with E-state index in [2.05, 4.69) is 24.0 Å². The first-order chi connectivity index (χ1) is 16.8. The number of hydrogen-bond acceptors (Lipinski definition) is 5. The molecule has 1 unspecified atom stereocenters. The number of sulfonamides is 1. The van der Waals surface area contributed by atoms with Crippen LogP contribution in [0, 0.1) is 22.7 Å². The van der Waals surface area contributed by atoms with Gasteiger partial charge in [-0.15, -0.1) is 0 Å². The van der Waals surface area contributed by atoms with Crippen LogP contribution in [-0.4, -0.2) is 29.1 Å². The number of carbonyl (C=O) groups excluding carboxylic acids is 1. The zero-order valence-corrected chi connectivity index (χ0v) is 21.9. The van der Waals surface area contributed by atoms with Crippen LogP contribution in [0.4, 0.5) is 0 Å². The normalized spacial score (nSPS) is 29.4. The fourth-order valence-corrected chi connectivity index (χ4v) is 7.51. The molecule has 1 aromatic heterocycles. The van der Waals surface area contributed by atoms with E-state index < -0.39 is 32.2 Å². The van der Waals surface area contributed by atoms with Crippen molar-refractivity contribution in [3.63, 3.8) is 0 Å². The summed E-state index contributed by atoms with van der Waals surface area (Å²) in [4.78, 5) is 39.9. The average molecular weight is 515 g/mol. The molecule has 0 spiro atoms. The molecule has 1 aromatic carbocycles. The highest BCUT2D eigenvalue weighted by molar-refractivity contribution is 7.89. The Morgan fingerprint density at radius 3 is 2.39 bits per heavy atom. The summed E-state index contributed by atoms with van der Waals surface area (Å²) in [5.41, 5.74) is 0.975. The summed E-state index contributed by atoms with van der Waals surface area (Å²) >= 11 is 0. The maximum absolute atomic E-state index is 13.6. The molecule has 4 saturated carbocycles. The van der Waals surface area contributed by atoms with Crippen molar-refractivity contribution in [2.45, 2.75) is 89.1 Å². The van der Waals surface area contributed by atoms with Gasteiger partial charge < -0.3 is 0 Å². The van der Waals surface area contributed by atoms with Crippen LogP contribution in [0.25, 0.3) is 10.9 Å². The van der Waals surface area contributed by atoms with Crippen LogP contribution in [0.15, 0.2) is 32.7 Å². The third-order valence-electron chi connectivity index (χ3n) is 8.90. The second-order valence-corrected chi connectivity index (χ2v) is 14.4. The van der Waals surface area contributed by atoms with Gasteiger partial charge in [0.25, 0.3) is 5.56 Å². The summed E-state index contributed by atoms with van der Waals surface area (Å²) in [6, 6.07) is 4.35. The highest BCUT2D eigenvalue weighted by Gasteiger charge is 2.74. The highest BCUT2D eigenvalue weighted by atomic mass is 32.2. The molecule has 36 heavy (non-hydrogen) atoms. The molecule has 0 saturated heterocycles. The van der Waals surface area contributed by atoms with Gasteiger partial charge in [0.1, 0.15) is 0 Å². The van der Waals surface area contributed by atoms with Gasteiger partial charge >= 0.3 is 5.69 Å². The standard InChI is InChI=1S/C26H34N4O5S/c1-24(2)8-4-5-16(12-24)15-29-20-7-6-18(36(34,35)28-25(3)9-10-25)11-19(20)21(31)30(23(29)33)27-22(32)26-13-17(26)14-26/h6-7,11,16-17,28H,4-5,8-10,12-15H2,1-3H3,(H,27,32). The van der Waals surface area contributed by atoms with E-state index in [1.54, 1.807) is 10.6 Å². The van der Waals surface area contributed by atoms with Crippen molar-refractivity contribution in [3.8, 4) is 0 Å². The third kappa shape index (κ3) is 4.02. The lowest BCUT2D eigenvalue weighted by Gasteiger charge is -2.35. The van der Waals surface area contributed by atoms with E-state index in [1.807, 2.05) is 6.92 Å². The molecule has 2 aromatic rings. The highest BCUT2D eigenvalue weighted by Crippen LogP contribution is 2.75. The van der Waals surface area contributed by atoms with Gasteiger partial charge in [-0.2, -0.15) is 4.68 Å². The number of amides is 1. The molecule has 4 aliphatic rings. The Bertz CT molecular complexity index is 1510. The third-order valence-corrected chi connectivity index (χ3v) is 10.5. The molecule has 6 rings (SSSR count). The van der Waals surface area contributed by atoms with E-state index >= 15 is 0 Å². The second kappa shape index (κ2) is 7.54. The van der Waals surface area contributed by atoms with E-state index in [-0.39, 0.29) is 27.5 Å². The van der Waals surface area contributed by atoms with Crippen molar-refractivity contribution >= 4 is 26.8 Å². The first kappa shape index (κ1) is 23.9. The summed E-state index contributed by atoms with van der Waals surface area (Å²) in [6.45, 7) is 6.71. The minimum atomic E-state index is -3.84. The molecule has 1 heterocycles. The van der Waals surface area contributed by atoms with Crippen molar-refractivity contribution in [3.05, 3.63) is 39.0 Å². The monoisotopic (exact) mass is 514 g/mol. The van der Waals surface area contributed by atoms with Crippen molar-refractivity contribution in [1.29, 1.82) is 0 Å². The van der Waals surface area contributed by atoms with E-state index in [1.165, 1.54) is 12.1 Å². The van der Waals surface area contributed by atoms with Gasteiger partial charge in [-0.05, 0) is 87.3 Å². The lowest BCUT2D eigenvalue weighted by molar-refractivity contribution is -0.120. The molecule has 0 bridgehead atoms. The average Bonchev–Trinajstić information content (AvgIpc) is 3.70. The molecule has 10 heteroatoms. The van der Waals surface area contributed by atoms with Crippen molar-refractivity contribution in [1.82, 2.24) is 14.0 Å². The fraction of sp³-hybridized carbons (Fsp3) is 0.654. The van der Waals surface area contributed by atoms with Crippen molar-refractivity contribution in [2.75, 3.05) is 5.43 Å². The zero-order chi connectivity index (χ0) is 25.7. The van der Waals surface area contributed by atoms with Crippen LogP contribution in [0.1, 0.15) is 72.1 Å². The van der Waals surface area contributed by atoms with Gasteiger partial charge in [0.05, 0.1) is 21.2 Å². The summed E-state index contributed by atoms with van der Waals surface area (Å²) in [7, 11) is -3.84. The van der Waals surface area contributed by atoms with E-state index in [0.29, 0.717) is 18.0 Å². The van der Waals surface area contributed by atoms with Gasteiger partial charge in [0.15, 0.2) is 0 Å². The minimum Gasteiger partial charge on any atom is -0.291 e. The van der Waals surface area contributed by atoms with Crippen LogP contribution in [0.3, 0.4) is 0 Å². The number of hydrogen-bond donors (Lipinski definition) is 2. The fourth-order valence-electron chi connectivity index (χ4n) is 6.02. The van der Waals surface area contributed by atoms with Gasteiger partial charge in [-0.3, -0.25) is 19.6 Å². The number of nitrogens with one attached hydrogen (secondary N) is 2. The lowest BCUT2D eigenvalue weighted by atomic mass is 9.72. The first-order valence-corrected chi connectivity index (χ1v) is 14.5. The SMILES string of the molecule is CC1(C)CCCC(Cn2c(=O)n(NC(=O)C34CC3C4)c(=O)c3cc(S(=O)(=O)NC4(C)CC4)ccc32)C1. The predicted octanol–water partition coefficient (Wildman–Crippen LogP) is 2.69. The van der Waals surface area contributed by atoms with Crippen molar-refractivity contribution < 1.29 is 13.2 Å². The van der Waals surface area contributed by atoms with E-state index in [4.69, 9.17) is 0 Å². The Morgan fingerprint density at radius 1 is 1.08 bits per heavy atom. The zero-order valence-electron chi connectivity index (χ0n) is 21.1. The lowest BCUT2D eigenvalue weighted by Crippen LogP contribution is -2.48. The maximum atomic E-state index is 13.6. The Morgan fingerprint density at radius 2 is 1.78 bits per heavy atom. The summed E-state index contributed by atoms with van der Waals surface area (Å²) in [5, 5.41) is 0.106. The molecular formula is C26H34N4O5S. The van der Waals surface area contributed by atoms with Crippen LogP contribution >= 0.6 is 0 Å². The Hall–Kier alpha value is -2.46. The number of carbonyl (C=O) groups is 1. The number of benzene rings is 1. The molecule has 4 fully saturated rings. The molecule has 0 radical (unpaired) electrons. The van der Waals surface area contributed by atoms with E-state index in [0.717, 1.165) is 56.0 Å². The molecule has 1 atom stereocenters. The second-order valence-electron chi connectivity index (χ2n) is 12.7. The smallest absolute Gasteiger partial charge is 0.291 e. The summed E-state index contributed by atoms with van der Waals surface area (Å²) < 4.78 is 31.1. The molecule has 194 valence electrons. The van der Waals surface area contributed by atoms with Crippen LogP contribution in [-0.2, 0) is 21.4 Å². The van der Waals surface area contributed by atoms with Gasteiger partial charge in [-0.1, -0.05) is 20.3 Å². The van der Waals surface area contributed by atoms with Gasteiger partial charge in [0.2, 0.25) is 15.9 Å². The van der Waals surface area contributed by atoms with E-state index in [9.17, 15) is 22.8 Å². The Kier molecular flexibility index (Phi) is 5.00. The van der Waals surface area contributed by atoms with Crippen LogP contribution in [0.2, 0.25) is 0 Å². The Labute approximate surface area is 210 Å². The summed E-state index contributed by atoms with van der Waals surface area (Å²) in [5.74, 6) is 0.293. The quantitative estimate of drug-likeness (QED) is 0.589. The largest absolute Gasteiger partial charge is 0.350 e. The van der Waals surface area contributed by atoms with Gasteiger partial charge in [0, 0.05) is 12.1 Å². The van der Waals surface area contributed by atoms with Crippen LogP contribution in [0.5, 0.6) is 0 Å². The maximum Gasteiger partial charge on any atom is 0.350 e. The van der Waals surface area contributed by atoms with Crippen LogP contribution < -0.4 is 21.4 Å². The number of fused-ring (bicyclic) bond motifs is 2. The molecular weight excluding hydrogens is 480 g/mol. The number of nitrogens with zero attached hydrogens (tertiary/aromatic N) is 2. The molecule has 2 N–H and O–H groups in total. The van der Waals surface area contributed by atoms with Crippen molar-refractivity contribution in [2.24, 2.45) is 22.7 Å². The minimum absolute atomic E-state index is 0.0230. The molecule has 1 amide bonds.